The van der Waals surface area contributed by atoms with E-state index in [0.717, 1.165) is 24.0 Å². The number of amides is 3. The number of nitrogens with one attached hydrogen (secondary N) is 2. The van der Waals surface area contributed by atoms with Crippen LogP contribution < -0.4 is 10.6 Å². The van der Waals surface area contributed by atoms with Crippen molar-refractivity contribution < 1.29 is 28.3 Å². The van der Waals surface area contributed by atoms with Crippen LogP contribution in [0.25, 0.3) is 0 Å². The van der Waals surface area contributed by atoms with Crippen molar-refractivity contribution in [2.45, 2.75) is 64.6 Å². The number of likely N-dealkylation sites (tertiary alicyclic amines) is 1. The van der Waals surface area contributed by atoms with Crippen molar-refractivity contribution in [3.8, 4) is 0 Å². The van der Waals surface area contributed by atoms with E-state index in [1.165, 1.54) is 6.26 Å². The predicted molar refractivity (Wildman–Crippen MR) is 156 cm³/mol. The zero-order valence-electron chi connectivity index (χ0n) is 24.1. The Morgan fingerprint density at radius 2 is 1.55 bits per heavy atom. The van der Waals surface area contributed by atoms with Crippen molar-refractivity contribution in [3.05, 3.63) is 89.6 Å². The van der Waals surface area contributed by atoms with E-state index in [1.807, 2.05) is 74.5 Å². The van der Waals surface area contributed by atoms with Gasteiger partial charge >= 0.3 is 6.09 Å². The Balaban J connectivity index is 1.46. The van der Waals surface area contributed by atoms with Gasteiger partial charge in [0.05, 0.1) is 6.04 Å². The molecule has 2 unspecified atom stereocenters. The number of benzene rings is 2. The molecule has 2 heterocycles. The Bertz CT molecular complexity index is 1340. The summed E-state index contributed by atoms with van der Waals surface area (Å²) in [5, 5.41) is 5.46. The third-order valence-corrected chi connectivity index (χ3v) is 7.05. The van der Waals surface area contributed by atoms with Crippen LogP contribution in [0, 0.1) is 5.92 Å². The summed E-state index contributed by atoms with van der Waals surface area (Å²) < 4.78 is 10.8. The van der Waals surface area contributed by atoms with Gasteiger partial charge in [-0.3, -0.25) is 14.4 Å². The van der Waals surface area contributed by atoms with Crippen molar-refractivity contribution in [1.29, 1.82) is 0 Å². The molecule has 0 aliphatic carbocycles. The molecule has 0 radical (unpaired) electrons. The lowest BCUT2D eigenvalue weighted by Gasteiger charge is -2.23. The topological polar surface area (TPSA) is 131 Å². The Kier molecular flexibility index (Phi) is 10.9. The van der Waals surface area contributed by atoms with E-state index in [1.54, 1.807) is 4.90 Å². The number of Topliss-reactive ketones (excluding diaryl/α,β-unsaturated/α-hetero) is 1. The highest BCUT2D eigenvalue weighted by molar-refractivity contribution is 6.00. The van der Waals surface area contributed by atoms with E-state index in [0.29, 0.717) is 25.9 Å². The van der Waals surface area contributed by atoms with Crippen LogP contribution in [-0.2, 0) is 22.6 Å². The predicted octanol–water partition coefficient (Wildman–Crippen LogP) is 4.55. The first-order valence-electron chi connectivity index (χ1n) is 14.4. The summed E-state index contributed by atoms with van der Waals surface area (Å²) in [6, 6.07) is 16.9. The monoisotopic (exact) mass is 574 g/mol. The van der Waals surface area contributed by atoms with Gasteiger partial charge in [-0.2, -0.15) is 0 Å². The number of alkyl carbamates (subject to hydrolysis) is 1. The minimum atomic E-state index is -0.997. The molecule has 4 rings (SSSR count). The number of aromatic nitrogens is 1. The smallest absolute Gasteiger partial charge is 0.408 e. The number of aryl methyl sites for hydroxylation is 1. The molecule has 0 bridgehead atoms. The number of oxazole rings is 1. The molecule has 1 saturated heterocycles. The van der Waals surface area contributed by atoms with Crippen LogP contribution in [0.15, 0.2) is 71.3 Å². The molecule has 0 spiro atoms. The maximum Gasteiger partial charge on any atom is 0.408 e. The third kappa shape index (κ3) is 8.76. The number of hydrogen-bond acceptors (Lipinski definition) is 7. The first-order chi connectivity index (χ1) is 20.3. The number of nitrogens with zero attached hydrogens (tertiary/aromatic N) is 2. The average Bonchev–Trinajstić information content (AvgIpc) is 3.71. The minimum absolute atomic E-state index is 0.0591. The number of carbonyl (C=O) groups is 4. The van der Waals surface area contributed by atoms with Crippen molar-refractivity contribution in [2.24, 2.45) is 5.92 Å². The van der Waals surface area contributed by atoms with Crippen LogP contribution in [0.5, 0.6) is 0 Å². The lowest BCUT2D eigenvalue weighted by Crippen LogP contribution is -2.52. The first-order valence-corrected chi connectivity index (χ1v) is 14.4. The van der Waals surface area contributed by atoms with Gasteiger partial charge in [0.15, 0.2) is 5.69 Å². The molecule has 10 heteroatoms. The van der Waals surface area contributed by atoms with Crippen molar-refractivity contribution in [3.63, 3.8) is 0 Å². The third-order valence-electron chi connectivity index (χ3n) is 7.05. The van der Waals surface area contributed by atoms with Gasteiger partial charge < -0.3 is 24.7 Å². The van der Waals surface area contributed by atoms with Crippen molar-refractivity contribution in [2.75, 3.05) is 13.1 Å². The van der Waals surface area contributed by atoms with E-state index in [2.05, 4.69) is 15.6 Å². The number of ether oxygens (including phenoxy) is 1. The molecule has 1 fully saturated rings. The lowest BCUT2D eigenvalue weighted by atomic mass is 9.99. The molecule has 2 aromatic carbocycles. The zero-order valence-corrected chi connectivity index (χ0v) is 24.1. The molecule has 1 aliphatic rings. The van der Waals surface area contributed by atoms with E-state index in [9.17, 15) is 19.2 Å². The van der Waals surface area contributed by atoms with Gasteiger partial charge in [-0.25, -0.2) is 9.78 Å². The normalized spacial score (nSPS) is 14.3. The second-order valence-corrected chi connectivity index (χ2v) is 10.9. The number of carbonyl (C=O) groups excluding carboxylic acids is 4. The van der Waals surface area contributed by atoms with Crippen molar-refractivity contribution >= 4 is 23.7 Å². The second-order valence-electron chi connectivity index (χ2n) is 10.9. The highest BCUT2D eigenvalue weighted by Crippen LogP contribution is 2.16. The van der Waals surface area contributed by atoms with Gasteiger partial charge in [-0.15, -0.1) is 0 Å². The highest BCUT2D eigenvalue weighted by Gasteiger charge is 2.31. The summed E-state index contributed by atoms with van der Waals surface area (Å²) in [7, 11) is 0. The molecule has 1 aliphatic heterocycles. The van der Waals surface area contributed by atoms with E-state index >= 15 is 0 Å². The van der Waals surface area contributed by atoms with Crippen LogP contribution in [0.2, 0.25) is 0 Å². The maximum atomic E-state index is 13.6. The van der Waals surface area contributed by atoms with Crippen LogP contribution >= 0.6 is 0 Å². The van der Waals surface area contributed by atoms with Crippen molar-refractivity contribution in [1.82, 2.24) is 20.5 Å². The van der Waals surface area contributed by atoms with Crippen LogP contribution in [0.3, 0.4) is 0 Å². The van der Waals surface area contributed by atoms with E-state index in [4.69, 9.17) is 9.15 Å². The maximum absolute atomic E-state index is 13.6. The number of hydrogen-bond donors (Lipinski definition) is 2. The fourth-order valence-electron chi connectivity index (χ4n) is 4.82. The van der Waals surface area contributed by atoms with Crippen LogP contribution in [-0.4, -0.2) is 58.7 Å². The summed E-state index contributed by atoms with van der Waals surface area (Å²) in [5.74, 6) is -1.53. The highest BCUT2D eigenvalue weighted by atomic mass is 16.5. The lowest BCUT2D eigenvalue weighted by molar-refractivity contribution is -0.124. The molecule has 1 aromatic heterocycles. The van der Waals surface area contributed by atoms with Gasteiger partial charge in [0.1, 0.15) is 18.9 Å². The molecule has 3 amide bonds. The standard InChI is InChI=1S/C32H38N4O6/c1-22(2)19-26(35-32(40)42-20-24-13-7-4-8-14-24)29(38)33-25(16-15-23-11-5-3-6-12-23)28(37)30-34-27(21-41-30)31(39)36-17-9-10-18-36/h3-8,11-14,21-22,25-26H,9-10,15-20H2,1-2H3,(H,33,38)(H,35,40). The van der Waals surface area contributed by atoms with Crippen LogP contribution in [0.4, 0.5) is 4.79 Å². The Hall–Kier alpha value is -4.47. The largest absolute Gasteiger partial charge is 0.445 e. The summed E-state index contributed by atoms with van der Waals surface area (Å²) >= 11 is 0. The molecule has 42 heavy (non-hydrogen) atoms. The minimum Gasteiger partial charge on any atom is -0.445 e. The molecular formula is C32H38N4O6. The fourth-order valence-corrected chi connectivity index (χ4v) is 4.82. The van der Waals surface area contributed by atoms with Crippen LogP contribution in [0.1, 0.15) is 71.8 Å². The quantitative estimate of drug-likeness (QED) is 0.286. The van der Waals surface area contributed by atoms with Gasteiger partial charge in [-0.1, -0.05) is 74.5 Å². The summed E-state index contributed by atoms with van der Waals surface area (Å²) in [4.78, 5) is 58.3. The zero-order chi connectivity index (χ0) is 29.9. The molecule has 0 saturated carbocycles. The summed E-state index contributed by atoms with van der Waals surface area (Å²) in [6.07, 6.45) is 3.40. The SMILES string of the molecule is CC(C)CC(NC(=O)OCc1ccccc1)C(=O)NC(CCc1ccccc1)C(=O)c1nc(C(=O)N2CCCC2)co1. The van der Waals surface area contributed by atoms with Gasteiger partial charge in [-0.05, 0) is 49.1 Å². The summed E-state index contributed by atoms with van der Waals surface area (Å²) in [5.41, 5.74) is 1.87. The molecule has 2 atom stereocenters. The van der Waals surface area contributed by atoms with Gasteiger partial charge in [0, 0.05) is 13.1 Å². The molecule has 2 N–H and O–H groups in total. The Morgan fingerprint density at radius 3 is 2.19 bits per heavy atom. The molecule has 222 valence electrons. The average molecular weight is 575 g/mol. The fraction of sp³-hybridized carbons (Fsp3) is 0.406. The number of ketones is 1. The van der Waals surface area contributed by atoms with E-state index < -0.39 is 29.9 Å². The molecular weight excluding hydrogens is 536 g/mol. The van der Waals surface area contributed by atoms with Gasteiger partial charge in [0.2, 0.25) is 11.7 Å². The Morgan fingerprint density at radius 1 is 0.905 bits per heavy atom. The van der Waals surface area contributed by atoms with Gasteiger partial charge in [0.25, 0.3) is 11.8 Å². The molecule has 10 nitrogen and oxygen atoms in total. The first kappa shape index (κ1) is 30.5. The Labute approximate surface area is 245 Å². The summed E-state index contributed by atoms with van der Waals surface area (Å²) in [6.45, 7) is 5.21. The van der Waals surface area contributed by atoms with E-state index in [-0.39, 0.29) is 36.4 Å². The molecule has 3 aromatic rings. The second kappa shape index (κ2) is 15.0. The number of rotatable bonds is 13.